The maximum Gasteiger partial charge on any atom is 0.312 e. The number of sulfonamides is 1. The number of halogens is 1. The number of piperidine rings is 1. The number of esters is 1. The Kier molecular flexibility index (Phi) is 6.30. The van der Waals surface area contributed by atoms with E-state index in [0.717, 1.165) is 44.2 Å². The fourth-order valence-corrected chi connectivity index (χ4v) is 5.83. The van der Waals surface area contributed by atoms with Gasteiger partial charge in [-0.2, -0.15) is 0 Å². The van der Waals surface area contributed by atoms with E-state index in [0.29, 0.717) is 32.4 Å². The summed E-state index contributed by atoms with van der Waals surface area (Å²) in [7, 11) is -3.19. The fraction of sp³-hybridized carbons (Fsp3) is 0.667. The van der Waals surface area contributed by atoms with Gasteiger partial charge >= 0.3 is 5.97 Å². The second kappa shape index (κ2) is 8.65. The number of cyclic esters (lactones) is 1. The van der Waals surface area contributed by atoms with Gasteiger partial charge in [-0.25, -0.2) is 12.7 Å². The number of hydrogen-bond acceptors (Lipinski definition) is 6. The summed E-state index contributed by atoms with van der Waals surface area (Å²) in [5.41, 5.74) is 0.713. The van der Waals surface area contributed by atoms with Crippen LogP contribution < -0.4 is 4.90 Å². The van der Waals surface area contributed by atoms with Gasteiger partial charge in [0.2, 0.25) is 10.0 Å². The quantitative estimate of drug-likeness (QED) is 0.634. The van der Waals surface area contributed by atoms with Crippen molar-refractivity contribution in [3.05, 3.63) is 29.3 Å². The van der Waals surface area contributed by atoms with E-state index in [1.807, 2.05) is 12.1 Å². The first kappa shape index (κ1) is 21.9. The average Bonchev–Trinajstić information content (AvgIpc) is 3.02. The number of nitrogens with zero attached hydrogens (tertiary/aromatic N) is 3. The lowest BCUT2D eigenvalue weighted by Gasteiger charge is -2.36. The van der Waals surface area contributed by atoms with E-state index in [1.54, 1.807) is 0 Å². The zero-order valence-electron chi connectivity index (χ0n) is 17.4. The van der Waals surface area contributed by atoms with Gasteiger partial charge in [-0.3, -0.25) is 9.69 Å². The number of benzene rings is 1. The van der Waals surface area contributed by atoms with Crippen LogP contribution in [0, 0.1) is 5.41 Å². The minimum absolute atomic E-state index is 0.0587. The summed E-state index contributed by atoms with van der Waals surface area (Å²) in [6.07, 6.45) is 3.85. The molecule has 3 heterocycles. The fourth-order valence-electron chi connectivity index (χ4n) is 4.86. The lowest BCUT2D eigenvalue weighted by Crippen LogP contribution is -2.47. The summed E-state index contributed by atoms with van der Waals surface area (Å²) in [5.74, 6) is -0.131. The largest absolute Gasteiger partial charge is 0.462 e. The number of rotatable bonds is 5. The molecule has 0 unspecified atom stereocenters. The molecule has 3 aliphatic heterocycles. The van der Waals surface area contributed by atoms with Crippen LogP contribution in [0.2, 0.25) is 5.02 Å². The molecule has 0 radical (unpaired) electrons. The van der Waals surface area contributed by atoms with Crippen LogP contribution in [0.5, 0.6) is 0 Å². The Hall–Kier alpha value is -1.35. The Bertz CT molecular complexity index is 861. The molecule has 3 saturated heterocycles. The third kappa shape index (κ3) is 4.77. The Morgan fingerprint density at radius 2 is 1.70 bits per heavy atom. The highest BCUT2D eigenvalue weighted by Crippen LogP contribution is 2.44. The Morgan fingerprint density at radius 1 is 1.07 bits per heavy atom. The molecule has 1 spiro atoms. The van der Waals surface area contributed by atoms with Crippen LogP contribution in [0.15, 0.2) is 24.3 Å². The van der Waals surface area contributed by atoms with Gasteiger partial charge in [0.1, 0.15) is 6.10 Å². The molecule has 0 N–H and O–H groups in total. The maximum absolute atomic E-state index is 12.6. The zero-order chi connectivity index (χ0) is 21.4. The van der Waals surface area contributed by atoms with Gasteiger partial charge in [0.05, 0.1) is 11.7 Å². The molecule has 1 atom stereocenters. The Labute approximate surface area is 184 Å². The van der Waals surface area contributed by atoms with Gasteiger partial charge in [-0.15, -0.1) is 0 Å². The van der Waals surface area contributed by atoms with Gasteiger partial charge < -0.3 is 9.64 Å². The third-order valence-electron chi connectivity index (χ3n) is 6.81. The number of carbonyl (C=O) groups excluding carboxylic acids is 1. The minimum Gasteiger partial charge on any atom is -0.462 e. The van der Waals surface area contributed by atoms with Crippen LogP contribution in [0.1, 0.15) is 25.7 Å². The molecule has 0 aliphatic carbocycles. The molecule has 1 aromatic rings. The van der Waals surface area contributed by atoms with Crippen molar-refractivity contribution in [2.45, 2.75) is 31.8 Å². The molecule has 0 saturated carbocycles. The van der Waals surface area contributed by atoms with Gasteiger partial charge in [-0.05, 0) is 43.5 Å². The topological polar surface area (TPSA) is 70.2 Å². The van der Waals surface area contributed by atoms with E-state index in [-0.39, 0.29) is 12.1 Å². The zero-order valence-corrected chi connectivity index (χ0v) is 19.0. The molecule has 166 valence electrons. The highest BCUT2D eigenvalue weighted by Gasteiger charge is 2.51. The first-order valence-electron chi connectivity index (χ1n) is 10.6. The first-order valence-corrected chi connectivity index (χ1v) is 12.9. The number of hydrogen-bond donors (Lipinski definition) is 0. The summed E-state index contributed by atoms with van der Waals surface area (Å²) in [4.78, 5) is 17.4. The predicted octanol–water partition coefficient (Wildman–Crippen LogP) is 2.21. The van der Waals surface area contributed by atoms with E-state index < -0.39 is 15.4 Å². The van der Waals surface area contributed by atoms with Gasteiger partial charge in [0.15, 0.2) is 0 Å². The van der Waals surface area contributed by atoms with Crippen molar-refractivity contribution >= 4 is 33.3 Å². The van der Waals surface area contributed by atoms with Gasteiger partial charge in [0, 0.05) is 62.9 Å². The highest BCUT2D eigenvalue weighted by atomic mass is 35.5. The van der Waals surface area contributed by atoms with Crippen LogP contribution in [-0.2, 0) is 19.6 Å². The van der Waals surface area contributed by atoms with Crippen LogP contribution in [-0.4, -0.2) is 81.8 Å². The smallest absolute Gasteiger partial charge is 0.312 e. The number of ether oxygens (including phenoxy) is 1. The number of piperazine rings is 1. The van der Waals surface area contributed by atoms with Gasteiger partial charge in [-0.1, -0.05) is 11.6 Å². The van der Waals surface area contributed by atoms with Crippen LogP contribution in [0.4, 0.5) is 5.69 Å². The van der Waals surface area contributed by atoms with Crippen molar-refractivity contribution in [2.75, 3.05) is 57.0 Å². The van der Waals surface area contributed by atoms with Gasteiger partial charge in [0.25, 0.3) is 0 Å². The molecule has 9 heteroatoms. The molecule has 0 amide bonds. The monoisotopic (exact) mass is 455 g/mol. The summed E-state index contributed by atoms with van der Waals surface area (Å²) >= 11 is 5.98. The second-order valence-corrected chi connectivity index (χ2v) is 11.2. The normalized spacial score (nSPS) is 25.6. The van der Waals surface area contributed by atoms with Crippen molar-refractivity contribution in [3.63, 3.8) is 0 Å². The number of anilines is 1. The molecule has 0 aromatic heterocycles. The van der Waals surface area contributed by atoms with Crippen molar-refractivity contribution in [1.29, 1.82) is 0 Å². The van der Waals surface area contributed by atoms with E-state index in [2.05, 4.69) is 21.9 Å². The second-order valence-electron chi connectivity index (χ2n) is 8.77. The molecule has 0 bridgehead atoms. The van der Waals surface area contributed by atoms with Crippen molar-refractivity contribution < 1.29 is 17.9 Å². The number of carbonyl (C=O) groups is 1. The first-order chi connectivity index (χ1) is 14.2. The van der Waals surface area contributed by atoms with E-state index in [1.165, 1.54) is 16.2 Å². The summed E-state index contributed by atoms with van der Waals surface area (Å²) < 4.78 is 30.7. The highest BCUT2D eigenvalue weighted by molar-refractivity contribution is 7.88. The summed E-state index contributed by atoms with van der Waals surface area (Å²) in [6, 6.07) is 7.97. The van der Waals surface area contributed by atoms with E-state index >= 15 is 0 Å². The van der Waals surface area contributed by atoms with Crippen LogP contribution in [0.25, 0.3) is 0 Å². The summed E-state index contributed by atoms with van der Waals surface area (Å²) in [6.45, 7) is 5.64. The molecule has 1 aromatic carbocycles. The molecule has 3 fully saturated rings. The third-order valence-corrected chi connectivity index (χ3v) is 8.36. The van der Waals surface area contributed by atoms with Crippen molar-refractivity contribution in [3.8, 4) is 0 Å². The molecular formula is C21H30ClN3O4S. The van der Waals surface area contributed by atoms with E-state index in [4.69, 9.17) is 16.3 Å². The Morgan fingerprint density at radius 3 is 2.30 bits per heavy atom. The standard InChI is InChI=1S/C21H30ClN3O4S/c1-30(27,28)25-10-7-21(8-11-25)16-19(29-20(21)26)6-9-23-12-14-24(15-13-23)18-4-2-17(22)3-5-18/h2-5,19H,6-16H2,1H3/t19-/m1/s1. The van der Waals surface area contributed by atoms with Crippen LogP contribution in [0.3, 0.4) is 0 Å². The van der Waals surface area contributed by atoms with E-state index in [9.17, 15) is 13.2 Å². The molecular weight excluding hydrogens is 426 g/mol. The Balaban J connectivity index is 1.23. The lowest BCUT2D eigenvalue weighted by atomic mass is 9.76. The summed E-state index contributed by atoms with van der Waals surface area (Å²) in [5, 5.41) is 0.753. The predicted molar refractivity (Wildman–Crippen MR) is 117 cm³/mol. The molecule has 4 rings (SSSR count). The van der Waals surface area contributed by atoms with Crippen molar-refractivity contribution in [1.82, 2.24) is 9.21 Å². The minimum atomic E-state index is -3.19. The molecule has 30 heavy (non-hydrogen) atoms. The molecule has 3 aliphatic rings. The molecule has 7 nitrogen and oxygen atoms in total. The SMILES string of the molecule is CS(=O)(=O)N1CCC2(CC1)C[C@@H](CCN1CCN(c3ccc(Cl)cc3)CC1)OC2=O. The maximum atomic E-state index is 12.6. The van der Waals surface area contributed by atoms with Crippen LogP contribution >= 0.6 is 11.6 Å². The lowest BCUT2D eigenvalue weighted by molar-refractivity contribution is -0.150. The average molecular weight is 456 g/mol. The van der Waals surface area contributed by atoms with Crippen molar-refractivity contribution in [2.24, 2.45) is 5.41 Å².